The first kappa shape index (κ1) is 26.4. The number of benzene rings is 2. The lowest BCUT2D eigenvalue weighted by Gasteiger charge is -2.15. The van der Waals surface area contributed by atoms with Gasteiger partial charge in [-0.2, -0.15) is 23.5 Å². The molecule has 4 rings (SSSR count). The number of nitrogens with one attached hydrogen (secondary N) is 1. The molecule has 0 aliphatic carbocycles. The Labute approximate surface area is 212 Å². The third-order valence-electron chi connectivity index (χ3n) is 4.97. The van der Waals surface area contributed by atoms with E-state index in [-0.39, 0.29) is 33.2 Å². The van der Waals surface area contributed by atoms with E-state index in [2.05, 4.69) is 10.1 Å². The predicted octanol–water partition coefficient (Wildman–Crippen LogP) is 4.80. The van der Waals surface area contributed by atoms with Crippen LogP contribution in [-0.2, 0) is 12.7 Å². The van der Waals surface area contributed by atoms with Crippen LogP contribution in [0.3, 0.4) is 0 Å². The van der Waals surface area contributed by atoms with Gasteiger partial charge in [-0.3, -0.25) is 14.2 Å². The summed E-state index contributed by atoms with van der Waals surface area (Å²) in [6.45, 7) is -0.574. The number of rotatable bonds is 5. The fraction of sp³-hybridized carbons (Fsp3) is 0.0870. The van der Waals surface area contributed by atoms with Gasteiger partial charge in [0.25, 0.3) is 11.1 Å². The van der Waals surface area contributed by atoms with Gasteiger partial charge in [-0.05, 0) is 42.0 Å². The van der Waals surface area contributed by atoms with Crippen molar-refractivity contribution in [2.45, 2.75) is 12.7 Å². The van der Waals surface area contributed by atoms with Gasteiger partial charge in [0.1, 0.15) is 5.75 Å². The van der Waals surface area contributed by atoms with Gasteiger partial charge in [0.05, 0.1) is 35.8 Å². The first-order valence-electron chi connectivity index (χ1n) is 10.2. The van der Waals surface area contributed by atoms with E-state index in [4.69, 9.17) is 21.6 Å². The Bertz CT molecular complexity index is 1710. The molecule has 0 saturated carbocycles. The standard InChI is InChI=1S/C23H10ClF6N5O3/c24-12-1-10(7-31)2-14(5-12)38-19-20(23(28,29)30)32-9-35(22(19)37)8-13-6-15(21(36)34-33-13)11-3-16(25)18(27)17(26)4-11/h1-6,9H,8H2,(H,34,36). The third-order valence-corrected chi connectivity index (χ3v) is 5.19. The summed E-state index contributed by atoms with van der Waals surface area (Å²) in [4.78, 5) is 28.4. The van der Waals surface area contributed by atoms with E-state index in [1.165, 1.54) is 6.07 Å². The highest BCUT2D eigenvalue weighted by atomic mass is 35.5. The minimum atomic E-state index is -5.11. The van der Waals surface area contributed by atoms with Gasteiger partial charge in [0.15, 0.2) is 23.1 Å². The second kappa shape index (κ2) is 10.0. The molecular weight excluding hydrogens is 544 g/mol. The predicted molar refractivity (Wildman–Crippen MR) is 119 cm³/mol. The molecule has 0 unspecified atom stereocenters. The van der Waals surface area contributed by atoms with Gasteiger partial charge in [0.2, 0.25) is 5.75 Å². The maximum absolute atomic E-state index is 13.7. The van der Waals surface area contributed by atoms with Crippen molar-refractivity contribution in [1.82, 2.24) is 19.7 Å². The third kappa shape index (κ3) is 5.37. The molecule has 2 aromatic carbocycles. The van der Waals surface area contributed by atoms with E-state index < -0.39 is 52.7 Å². The minimum Gasteiger partial charge on any atom is -0.449 e. The fourth-order valence-electron chi connectivity index (χ4n) is 3.31. The second-order valence-corrected chi connectivity index (χ2v) is 8.03. The Morgan fingerprint density at radius 3 is 2.37 bits per heavy atom. The summed E-state index contributed by atoms with van der Waals surface area (Å²) in [6, 6.07) is 7.22. The topological polar surface area (TPSA) is 114 Å². The normalized spacial score (nSPS) is 11.3. The van der Waals surface area contributed by atoms with E-state index >= 15 is 0 Å². The zero-order valence-electron chi connectivity index (χ0n) is 18.4. The van der Waals surface area contributed by atoms with Crippen molar-refractivity contribution >= 4 is 11.6 Å². The highest BCUT2D eigenvalue weighted by molar-refractivity contribution is 6.30. The van der Waals surface area contributed by atoms with E-state index in [0.717, 1.165) is 18.2 Å². The van der Waals surface area contributed by atoms with Crippen LogP contribution >= 0.6 is 11.6 Å². The number of halogens is 7. The molecule has 0 bridgehead atoms. The summed E-state index contributed by atoms with van der Waals surface area (Å²) in [5.41, 5.74) is -4.82. The number of hydrogen-bond acceptors (Lipinski definition) is 6. The summed E-state index contributed by atoms with van der Waals surface area (Å²) in [7, 11) is 0. The van der Waals surface area contributed by atoms with E-state index in [1.807, 2.05) is 5.10 Å². The first-order valence-corrected chi connectivity index (χ1v) is 10.5. The molecule has 8 nitrogen and oxygen atoms in total. The number of H-pyrrole nitrogens is 1. The zero-order valence-corrected chi connectivity index (χ0v) is 19.2. The van der Waals surface area contributed by atoms with Crippen LogP contribution in [-0.4, -0.2) is 19.7 Å². The van der Waals surface area contributed by atoms with Crippen LogP contribution in [0.15, 0.2) is 52.3 Å². The smallest absolute Gasteiger partial charge is 0.437 e. The molecule has 194 valence electrons. The molecule has 0 aliphatic rings. The molecule has 2 aromatic heterocycles. The molecule has 0 saturated heterocycles. The molecule has 0 aliphatic heterocycles. The molecule has 0 atom stereocenters. The molecule has 2 heterocycles. The molecule has 0 fully saturated rings. The summed E-state index contributed by atoms with van der Waals surface area (Å²) < 4.78 is 87.2. The zero-order chi connectivity index (χ0) is 27.8. The Kier molecular flexibility index (Phi) is 6.97. The van der Waals surface area contributed by atoms with Crippen LogP contribution in [0.5, 0.6) is 11.5 Å². The number of alkyl halides is 3. The number of hydrogen-bond donors (Lipinski definition) is 1. The van der Waals surface area contributed by atoms with Gasteiger partial charge in [-0.1, -0.05) is 11.6 Å². The Morgan fingerprint density at radius 1 is 1.05 bits per heavy atom. The van der Waals surface area contributed by atoms with E-state index in [9.17, 15) is 35.9 Å². The molecule has 15 heteroatoms. The quantitative estimate of drug-likeness (QED) is 0.281. The van der Waals surface area contributed by atoms with E-state index in [0.29, 0.717) is 23.0 Å². The summed E-state index contributed by atoms with van der Waals surface area (Å²) in [6.07, 6.45) is -4.55. The number of nitriles is 1. The molecule has 4 aromatic rings. The van der Waals surface area contributed by atoms with Crippen molar-refractivity contribution in [3.63, 3.8) is 0 Å². The van der Waals surface area contributed by atoms with Crippen molar-refractivity contribution in [2.75, 3.05) is 0 Å². The largest absolute Gasteiger partial charge is 0.449 e. The second-order valence-electron chi connectivity index (χ2n) is 7.60. The van der Waals surface area contributed by atoms with Gasteiger partial charge >= 0.3 is 6.18 Å². The van der Waals surface area contributed by atoms with Gasteiger partial charge < -0.3 is 4.74 Å². The van der Waals surface area contributed by atoms with Gasteiger partial charge in [-0.25, -0.2) is 23.3 Å². The Morgan fingerprint density at radius 2 is 1.74 bits per heavy atom. The SMILES string of the molecule is N#Cc1cc(Cl)cc(Oc2c(C(F)(F)F)ncn(Cc3cc(-c4cc(F)c(F)c(F)c4)c(=O)[nH]n3)c2=O)c1. The lowest BCUT2D eigenvalue weighted by Crippen LogP contribution is -2.27. The van der Waals surface area contributed by atoms with Crippen molar-refractivity contribution in [3.05, 3.63) is 103 Å². The van der Waals surface area contributed by atoms with Crippen LogP contribution in [0.2, 0.25) is 5.02 Å². The lowest BCUT2D eigenvalue weighted by molar-refractivity contribution is -0.142. The maximum Gasteiger partial charge on any atom is 0.437 e. The molecular formula is C23H10ClF6N5O3. The number of nitrogens with zero attached hydrogens (tertiary/aromatic N) is 4. The summed E-state index contributed by atoms with van der Waals surface area (Å²) >= 11 is 5.85. The van der Waals surface area contributed by atoms with Crippen molar-refractivity contribution < 1.29 is 31.1 Å². The monoisotopic (exact) mass is 553 g/mol. The van der Waals surface area contributed by atoms with Gasteiger partial charge in [0, 0.05) is 5.02 Å². The number of ether oxygens (including phenoxy) is 1. The van der Waals surface area contributed by atoms with Crippen LogP contribution in [0.4, 0.5) is 26.3 Å². The number of aromatic nitrogens is 4. The highest BCUT2D eigenvalue weighted by Crippen LogP contribution is 2.35. The van der Waals surface area contributed by atoms with Crippen molar-refractivity contribution in [1.29, 1.82) is 5.26 Å². The summed E-state index contributed by atoms with van der Waals surface area (Å²) in [5, 5.41) is 14.7. The van der Waals surface area contributed by atoms with Crippen molar-refractivity contribution in [3.8, 4) is 28.7 Å². The Hall–Kier alpha value is -4.64. The molecule has 38 heavy (non-hydrogen) atoms. The van der Waals surface area contributed by atoms with Crippen LogP contribution < -0.4 is 15.9 Å². The fourth-order valence-corrected chi connectivity index (χ4v) is 3.53. The molecule has 0 radical (unpaired) electrons. The average Bonchev–Trinajstić information content (AvgIpc) is 2.84. The maximum atomic E-state index is 13.7. The molecule has 0 amide bonds. The average molecular weight is 554 g/mol. The minimum absolute atomic E-state index is 0.0459. The molecule has 0 spiro atoms. The van der Waals surface area contributed by atoms with Crippen molar-refractivity contribution in [2.24, 2.45) is 0 Å². The van der Waals surface area contributed by atoms with E-state index in [1.54, 1.807) is 6.07 Å². The lowest BCUT2D eigenvalue weighted by atomic mass is 10.1. The highest BCUT2D eigenvalue weighted by Gasteiger charge is 2.39. The van der Waals surface area contributed by atoms with Gasteiger partial charge in [-0.15, -0.1) is 0 Å². The van der Waals surface area contributed by atoms with Crippen LogP contribution in [0.1, 0.15) is 17.0 Å². The van der Waals surface area contributed by atoms with Crippen LogP contribution in [0.25, 0.3) is 11.1 Å². The summed E-state index contributed by atoms with van der Waals surface area (Å²) in [5.74, 6) is -6.47. The first-order chi connectivity index (χ1) is 17.9. The van der Waals surface area contributed by atoms with Crippen LogP contribution in [0, 0.1) is 28.8 Å². The molecule has 1 N–H and O–H groups in total. The Balaban J connectivity index is 1.78. The number of aromatic amines is 1.